The first-order valence-electron chi connectivity index (χ1n) is 8.03. The predicted molar refractivity (Wildman–Crippen MR) is 86.7 cm³/mol. The van der Waals surface area contributed by atoms with E-state index in [1.807, 2.05) is 0 Å². The van der Waals surface area contributed by atoms with Crippen LogP contribution in [0.15, 0.2) is 30.3 Å². The summed E-state index contributed by atoms with van der Waals surface area (Å²) in [5.74, 6) is 1.68. The van der Waals surface area contributed by atoms with Crippen LogP contribution in [0.1, 0.15) is 38.7 Å². The molecule has 3 atom stereocenters. The number of hydrogen-bond acceptors (Lipinski definition) is 2. The van der Waals surface area contributed by atoms with E-state index in [2.05, 4.69) is 68.5 Å². The standard InChI is InChI=1S/C18H30N2/c1-14(2)16-10-11-17(19-3)18(12-16)20(4)13-15-8-6-5-7-9-15/h5-9,14,16-19H,10-13H2,1-4H3. The number of nitrogens with zero attached hydrogens (tertiary/aromatic N) is 1. The lowest BCUT2D eigenvalue weighted by atomic mass is 9.76. The fraction of sp³-hybridized carbons (Fsp3) is 0.667. The molecule has 1 aromatic carbocycles. The summed E-state index contributed by atoms with van der Waals surface area (Å²) in [7, 11) is 4.40. The first kappa shape index (κ1) is 15.5. The molecule has 0 radical (unpaired) electrons. The molecule has 0 heterocycles. The van der Waals surface area contributed by atoms with Gasteiger partial charge in [0.2, 0.25) is 0 Å². The molecule has 2 rings (SSSR count). The van der Waals surface area contributed by atoms with Gasteiger partial charge < -0.3 is 5.32 Å². The maximum absolute atomic E-state index is 3.54. The Labute approximate surface area is 124 Å². The maximum atomic E-state index is 3.54. The van der Waals surface area contributed by atoms with Crippen molar-refractivity contribution in [2.24, 2.45) is 11.8 Å². The lowest BCUT2D eigenvalue weighted by Gasteiger charge is -2.42. The van der Waals surface area contributed by atoms with Gasteiger partial charge in [0.05, 0.1) is 0 Å². The summed E-state index contributed by atoms with van der Waals surface area (Å²) in [5.41, 5.74) is 1.41. The second kappa shape index (κ2) is 7.24. The zero-order valence-electron chi connectivity index (χ0n) is 13.5. The highest BCUT2D eigenvalue weighted by atomic mass is 15.2. The normalized spacial score (nSPS) is 27.2. The van der Waals surface area contributed by atoms with Gasteiger partial charge in [-0.3, -0.25) is 4.90 Å². The fourth-order valence-electron chi connectivity index (χ4n) is 3.60. The average Bonchev–Trinajstić information content (AvgIpc) is 2.47. The molecule has 0 amide bonds. The van der Waals surface area contributed by atoms with Crippen LogP contribution in [0.5, 0.6) is 0 Å². The smallest absolute Gasteiger partial charge is 0.0252 e. The van der Waals surface area contributed by atoms with Gasteiger partial charge in [0.25, 0.3) is 0 Å². The van der Waals surface area contributed by atoms with Gasteiger partial charge in [0.15, 0.2) is 0 Å². The van der Waals surface area contributed by atoms with Gasteiger partial charge in [-0.2, -0.15) is 0 Å². The topological polar surface area (TPSA) is 15.3 Å². The monoisotopic (exact) mass is 274 g/mol. The molecule has 0 aliphatic heterocycles. The van der Waals surface area contributed by atoms with E-state index >= 15 is 0 Å². The third kappa shape index (κ3) is 3.83. The van der Waals surface area contributed by atoms with Crippen LogP contribution in [-0.4, -0.2) is 31.1 Å². The molecule has 0 saturated heterocycles. The van der Waals surface area contributed by atoms with Crippen LogP contribution in [0.4, 0.5) is 0 Å². The van der Waals surface area contributed by atoms with E-state index in [9.17, 15) is 0 Å². The molecule has 0 bridgehead atoms. The van der Waals surface area contributed by atoms with Crippen molar-refractivity contribution in [2.45, 2.75) is 51.7 Å². The summed E-state index contributed by atoms with van der Waals surface area (Å²) in [6, 6.07) is 12.1. The molecule has 1 aromatic rings. The van der Waals surface area contributed by atoms with Gasteiger partial charge in [-0.05, 0) is 50.8 Å². The van der Waals surface area contributed by atoms with Gasteiger partial charge in [-0.15, -0.1) is 0 Å². The van der Waals surface area contributed by atoms with Gasteiger partial charge in [0, 0.05) is 18.6 Å². The highest BCUT2D eigenvalue weighted by Crippen LogP contribution is 2.32. The minimum absolute atomic E-state index is 0.638. The number of benzene rings is 1. The summed E-state index contributed by atoms with van der Waals surface area (Å²) in [5, 5.41) is 3.54. The van der Waals surface area contributed by atoms with Crippen molar-refractivity contribution in [1.29, 1.82) is 0 Å². The minimum Gasteiger partial charge on any atom is -0.315 e. The Kier molecular flexibility index (Phi) is 5.62. The molecule has 3 unspecified atom stereocenters. The predicted octanol–water partition coefficient (Wildman–Crippen LogP) is 3.53. The van der Waals surface area contributed by atoms with Crippen molar-refractivity contribution in [1.82, 2.24) is 10.2 Å². The van der Waals surface area contributed by atoms with Crippen LogP contribution >= 0.6 is 0 Å². The Morgan fingerprint density at radius 2 is 1.90 bits per heavy atom. The van der Waals surface area contributed by atoms with Crippen molar-refractivity contribution in [3.63, 3.8) is 0 Å². The molecule has 2 nitrogen and oxygen atoms in total. The average molecular weight is 274 g/mol. The lowest BCUT2D eigenvalue weighted by molar-refractivity contribution is 0.101. The Hall–Kier alpha value is -0.860. The first-order valence-corrected chi connectivity index (χ1v) is 8.03. The Balaban J connectivity index is 2.02. The maximum Gasteiger partial charge on any atom is 0.0252 e. The highest BCUT2D eigenvalue weighted by Gasteiger charge is 2.33. The SMILES string of the molecule is CNC1CCC(C(C)C)CC1N(C)Cc1ccccc1. The fourth-order valence-corrected chi connectivity index (χ4v) is 3.60. The van der Waals surface area contributed by atoms with Crippen LogP contribution in [0, 0.1) is 11.8 Å². The van der Waals surface area contributed by atoms with Gasteiger partial charge in [0.1, 0.15) is 0 Å². The van der Waals surface area contributed by atoms with Crippen molar-refractivity contribution < 1.29 is 0 Å². The molecule has 1 fully saturated rings. The van der Waals surface area contributed by atoms with E-state index < -0.39 is 0 Å². The molecular weight excluding hydrogens is 244 g/mol. The van der Waals surface area contributed by atoms with Crippen molar-refractivity contribution in [3.05, 3.63) is 35.9 Å². The molecule has 112 valence electrons. The summed E-state index contributed by atoms with van der Waals surface area (Å²) in [6.07, 6.45) is 4.01. The quantitative estimate of drug-likeness (QED) is 0.883. The molecule has 0 aromatic heterocycles. The zero-order chi connectivity index (χ0) is 14.5. The number of nitrogens with one attached hydrogen (secondary N) is 1. The Bertz CT molecular complexity index is 388. The third-order valence-electron chi connectivity index (χ3n) is 5.01. The summed E-state index contributed by atoms with van der Waals surface area (Å²) < 4.78 is 0. The van der Waals surface area contributed by atoms with Crippen LogP contribution in [-0.2, 0) is 6.54 Å². The Morgan fingerprint density at radius 1 is 1.20 bits per heavy atom. The van der Waals surface area contributed by atoms with E-state index in [0.717, 1.165) is 18.4 Å². The zero-order valence-corrected chi connectivity index (χ0v) is 13.5. The van der Waals surface area contributed by atoms with Gasteiger partial charge >= 0.3 is 0 Å². The highest BCUT2D eigenvalue weighted by molar-refractivity contribution is 5.14. The molecule has 20 heavy (non-hydrogen) atoms. The van der Waals surface area contributed by atoms with Crippen molar-refractivity contribution in [3.8, 4) is 0 Å². The molecule has 1 aliphatic rings. The van der Waals surface area contributed by atoms with Gasteiger partial charge in [-0.25, -0.2) is 0 Å². The molecule has 2 heteroatoms. The van der Waals surface area contributed by atoms with Crippen molar-refractivity contribution in [2.75, 3.05) is 14.1 Å². The first-order chi connectivity index (χ1) is 9.61. The molecule has 1 saturated carbocycles. The van der Waals surface area contributed by atoms with E-state index in [1.54, 1.807) is 0 Å². The molecule has 1 aliphatic carbocycles. The molecular formula is C18H30N2. The largest absolute Gasteiger partial charge is 0.315 e. The van der Waals surface area contributed by atoms with Crippen LogP contribution in [0.25, 0.3) is 0 Å². The van der Waals surface area contributed by atoms with E-state index in [1.165, 1.54) is 24.8 Å². The van der Waals surface area contributed by atoms with E-state index in [4.69, 9.17) is 0 Å². The summed E-state index contributed by atoms with van der Waals surface area (Å²) >= 11 is 0. The van der Waals surface area contributed by atoms with Crippen LogP contribution < -0.4 is 5.32 Å². The number of hydrogen-bond donors (Lipinski definition) is 1. The molecule has 1 N–H and O–H groups in total. The van der Waals surface area contributed by atoms with Crippen LogP contribution in [0.3, 0.4) is 0 Å². The number of rotatable bonds is 5. The second-order valence-corrected chi connectivity index (χ2v) is 6.68. The second-order valence-electron chi connectivity index (χ2n) is 6.68. The summed E-state index contributed by atoms with van der Waals surface area (Å²) in [6.45, 7) is 5.80. The van der Waals surface area contributed by atoms with Crippen LogP contribution in [0.2, 0.25) is 0 Å². The van der Waals surface area contributed by atoms with E-state index in [0.29, 0.717) is 12.1 Å². The minimum atomic E-state index is 0.638. The third-order valence-corrected chi connectivity index (χ3v) is 5.01. The lowest BCUT2D eigenvalue weighted by Crippen LogP contribution is -2.51. The van der Waals surface area contributed by atoms with E-state index in [-0.39, 0.29) is 0 Å². The number of likely N-dealkylation sites (N-methyl/N-ethyl adjacent to an activating group) is 2. The Morgan fingerprint density at radius 3 is 2.50 bits per heavy atom. The van der Waals surface area contributed by atoms with Gasteiger partial charge in [-0.1, -0.05) is 44.2 Å². The van der Waals surface area contributed by atoms with Crippen molar-refractivity contribution >= 4 is 0 Å². The molecule has 0 spiro atoms. The summed E-state index contributed by atoms with van der Waals surface area (Å²) in [4.78, 5) is 2.55.